The molecule has 0 unspecified atom stereocenters. The van der Waals surface area contributed by atoms with E-state index in [1.54, 1.807) is 24.3 Å². The molecule has 2 aromatic rings. The van der Waals surface area contributed by atoms with Crippen LogP contribution < -0.4 is 4.74 Å². The molecular formula is C18H23NO6S. The molecule has 0 radical (unpaired) electrons. The summed E-state index contributed by atoms with van der Waals surface area (Å²) in [5, 5.41) is -0.192. The standard InChI is InChI=1S/C18H23NO6S/c1-4-5-12-23-15-8-6-14(7-9-15)18(20)24-13-16-10-11-17(25-16)26(21,22)19(2)3/h6-11H,4-5,12-13H2,1-3H3. The molecule has 0 saturated carbocycles. The lowest BCUT2D eigenvalue weighted by Gasteiger charge is -2.08. The normalized spacial score (nSPS) is 11.5. The highest BCUT2D eigenvalue weighted by Gasteiger charge is 2.21. The molecule has 1 aromatic heterocycles. The molecule has 1 heterocycles. The minimum absolute atomic E-state index is 0.156. The van der Waals surface area contributed by atoms with Crippen LogP contribution in [0.4, 0.5) is 0 Å². The van der Waals surface area contributed by atoms with E-state index in [-0.39, 0.29) is 17.5 Å². The quantitative estimate of drug-likeness (QED) is 0.490. The van der Waals surface area contributed by atoms with Gasteiger partial charge >= 0.3 is 5.97 Å². The van der Waals surface area contributed by atoms with Crippen molar-refractivity contribution in [3.05, 3.63) is 47.7 Å². The van der Waals surface area contributed by atoms with Crippen LogP contribution in [0.3, 0.4) is 0 Å². The first-order chi connectivity index (χ1) is 12.3. The molecule has 0 atom stereocenters. The summed E-state index contributed by atoms with van der Waals surface area (Å²) >= 11 is 0. The molecule has 8 heteroatoms. The Kier molecular flexibility index (Phi) is 6.82. The monoisotopic (exact) mass is 381 g/mol. The van der Waals surface area contributed by atoms with Gasteiger partial charge in [0.2, 0.25) is 5.09 Å². The number of hydrogen-bond acceptors (Lipinski definition) is 6. The third-order valence-corrected chi connectivity index (χ3v) is 5.26. The van der Waals surface area contributed by atoms with Gasteiger partial charge in [0.15, 0.2) is 0 Å². The van der Waals surface area contributed by atoms with Crippen LogP contribution in [0.5, 0.6) is 5.75 Å². The lowest BCUT2D eigenvalue weighted by Crippen LogP contribution is -2.21. The second-order valence-corrected chi connectivity index (χ2v) is 7.89. The molecule has 0 fully saturated rings. The van der Waals surface area contributed by atoms with Crippen molar-refractivity contribution in [3.63, 3.8) is 0 Å². The van der Waals surface area contributed by atoms with Gasteiger partial charge < -0.3 is 13.9 Å². The van der Waals surface area contributed by atoms with E-state index in [1.165, 1.54) is 26.2 Å². The molecule has 7 nitrogen and oxygen atoms in total. The molecule has 0 N–H and O–H groups in total. The number of rotatable bonds is 9. The lowest BCUT2D eigenvalue weighted by molar-refractivity contribution is 0.0440. The molecule has 0 aliphatic heterocycles. The summed E-state index contributed by atoms with van der Waals surface area (Å²) in [6.07, 6.45) is 2.02. The average molecular weight is 381 g/mol. The fraction of sp³-hybridized carbons (Fsp3) is 0.389. The zero-order valence-corrected chi connectivity index (χ0v) is 15.9. The van der Waals surface area contributed by atoms with Crippen LogP contribution in [0.25, 0.3) is 0 Å². The highest BCUT2D eigenvalue weighted by atomic mass is 32.2. The van der Waals surface area contributed by atoms with Crippen molar-refractivity contribution < 1.29 is 27.1 Å². The van der Waals surface area contributed by atoms with E-state index in [0.717, 1.165) is 17.1 Å². The van der Waals surface area contributed by atoms with Crippen LogP contribution in [-0.2, 0) is 21.4 Å². The molecule has 0 spiro atoms. The van der Waals surface area contributed by atoms with Crippen LogP contribution in [0.15, 0.2) is 45.9 Å². The number of sulfonamides is 1. The Labute approximate surface area is 153 Å². The van der Waals surface area contributed by atoms with Crippen LogP contribution in [0.2, 0.25) is 0 Å². The minimum atomic E-state index is -3.65. The fourth-order valence-corrected chi connectivity index (χ4v) is 2.81. The Hall–Kier alpha value is -2.32. The number of nitrogens with zero attached hydrogens (tertiary/aromatic N) is 1. The van der Waals surface area contributed by atoms with Crippen molar-refractivity contribution in [2.24, 2.45) is 0 Å². The SMILES string of the molecule is CCCCOc1ccc(C(=O)OCc2ccc(S(=O)(=O)N(C)C)o2)cc1. The Morgan fingerprint density at radius 1 is 1.12 bits per heavy atom. The number of carbonyl (C=O) groups is 1. The summed E-state index contributed by atoms with van der Waals surface area (Å²) in [6.45, 7) is 2.56. The van der Waals surface area contributed by atoms with E-state index in [4.69, 9.17) is 13.9 Å². The smallest absolute Gasteiger partial charge is 0.338 e. The number of carbonyl (C=O) groups excluding carboxylic acids is 1. The first kappa shape index (κ1) is 20.0. The second-order valence-electron chi connectivity index (χ2n) is 5.81. The van der Waals surface area contributed by atoms with Crippen LogP contribution >= 0.6 is 0 Å². The Bertz CT molecular complexity index is 824. The maximum Gasteiger partial charge on any atom is 0.338 e. The van der Waals surface area contributed by atoms with Crippen molar-refractivity contribution in [1.29, 1.82) is 0 Å². The van der Waals surface area contributed by atoms with Crippen molar-refractivity contribution >= 4 is 16.0 Å². The van der Waals surface area contributed by atoms with Gasteiger partial charge in [-0.05, 0) is 42.8 Å². The highest BCUT2D eigenvalue weighted by Crippen LogP contribution is 2.18. The molecule has 1 aromatic carbocycles. The molecule has 0 aliphatic carbocycles. The van der Waals surface area contributed by atoms with Gasteiger partial charge in [-0.25, -0.2) is 17.5 Å². The van der Waals surface area contributed by atoms with Crippen LogP contribution in [0, 0.1) is 0 Å². The van der Waals surface area contributed by atoms with Crippen molar-refractivity contribution in [3.8, 4) is 5.75 Å². The van der Waals surface area contributed by atoms with Gasteiger partial charge in [-0.3, -0.25) is 0 Å². The van der Waals surface area contributed by atoms with Crippen molar-refractivity contribution in [2.75, 3.05) is 20.7 Å². The first-order valence-corrected chi connectivity index (χ1v) is 9.70. The predicted molar refractivity (Wildman–Crippen MR) is 95.5 cm³/mol. The van der Waals surface area contributed by atoms with E-state index in [0.29, 0.717) is 17.9 Å². The minimum Gasteiger partial charge on any atom is -0.494 e. The molecule has 0 amide bonds. The van der Waals surface area contributed by atoms with Gasteiger partial charge in [-0.15, -0.1) is 0 Å². The van der Waals surface area contributed by atoms with Crippen molar-refractivity contribution in [1.82, 2.24) is 4.31 Å². The van der Waals surface area contributed by atoms with E-state index >= 15 is 0 Å². The van der Waals surface area contributed by atoms with E-state index in [2.05, 4.69) is 6.92 Å². The van der Waals surface area contributed by atoms with Crippen LogP contribution in [-0.4, -0.2) is 39.4 Å². The number of ether oxygens (including phenoxy) is 2. The summed E-state index contributed by atoms with van der Waals surface area (Å²) in [7, 11) is -0.829. The third kappa shape index (κ3) is 5.09. The number of hydrogen-bond donors (Lipinski definition) is 0. The van der Waals surface area contributed by atoms with E-state index < -0.39 is 16.0 Å². The Morgan fingerprint density at radius 3 is 2.42 bits per heavy atom. The number of benzene rings is 1. The zero-order chi connectivity index (χ0) is 19.2. The number of unbranched alkanes of at least 4 members (excludes halogenated alkanes) is 1. The average Bonchev–Trinajstić information content (AvgIpc) is 3.10. The Morgan fingerprint density at radius 2 is 1.81 bits per heavy atom. The van der Waals surface area contributed by atoms with E-state index in [1.807, 2.05) is 0 Å². The number of furan rings is 1. The molecule has 0 bridgehead atoms. The van der Waals surface area contributed by atoms with Gasteiger partial charge in [0.25, 0.3) is 10.0 Å². The Balaban J connectivity index is 1.92. The van der Waals surface area contributed by atoms with Crippen molar-refractivity contribution in [2.45, 2.75) is 31.5 Å². The molecule has 142 valence electrons. The molecule has 0 aliphatic rings. The third-order valence-electron chi connectivity index (χ3n) is 3.57. The van der Waals surface area contributed by atoms with Gasteiger partial charge in [0, 0.05) is 14.1 Å². The molecule has 2 rings (SSSR count). The molecular weight excluding hydrogens is 358 g/mol. The maximum absolute atomic E-state index is 12.1. The zero-order valence-electron chi connectivity index (χ0n) is 15.1. The van der Waals surface area contributed by atoms with Gasteiger partial charge in [-0.2, -0.15) is 0 Å². The number of esters is 1. The summed E-state index contributed by atoms with van der Waals surface area (Å²) < 4.78 is 40.9. The summed E-state index contributed by atoms with van der Waals surface area (Å²) in [4.78, 5) is 12.1. The first-order valence-electron chi connectivity index (χ1n) is 8.26. The predicted octanol–water partition coefficient (Wildman–Crippen LogP) is 3.07. The lowest BCUT2D eigenvalue weighted by atomic mass is 10.2. The van der Waals surface area contributed by atoms with Gasteiger partial charge in [-0.1, -0.05) is 13.3 Å². The largest absolute Gasteiger partial charge is 0.494 e. The highest BCUT2D eigenvalue weighted by molar-refractivity contribution is 7.88. The second kappa shape index (κ2) is 8.86. The summed E-state index contributed by atoms with van der Waals surface area (Å²) in [5.74, 6) is 0.413. The van der Waals surface area contributed by atoms with Crippen LogP contribution in [0.1, 0.15) is 35.9 Å². The maximum atomic E-state index is 12.1. The summed E-state index contributed by atoms with van der Waals surface area (Å²) in [6, 6.07) is 9.46. The van der Waals surface area contributed by atoms with Gasteiger partial charge in [0.05, 0.1) is 12.2 Å². The molecule has 0 saturated heterocycles. The molecule has 26 heavy (non-hydrogen) atoms. The van der Waals surface area contributed by atoms with Gasteiger partial charge in [0.1, 0.15) is 18.1 Å². The van der Waals surface area contributed by atoms with E-state index in [9.17, 15) is 13.2 Å². The summed E-state index contributed by atoms with van der Waals surface area (Å²) in [5.41, 5.74) is 0.375. The topological polar surface area (TPSA) is 86.0 Å². The fourth-order valence-electron chi connectivity index (χ4n) is 2.00.